The normalized spacial score (nSPS) is 22.8. The summed E-state index contributed by atoms with van der Waals surface area (Å²) in [6.45, 7) is 8.68. The second-order valence-corrected chi connectivity index (χ2v) is 7.06. The number of aliphatic hydroxyl groups excluding tert-OH is 1. The summed E-state index contributed by atoms with van der Waals surface area (Å²) in [7, 11) is 3.43. The Morgan fingerprint density at radius 1 is 1.36 bits per heavy atom. The number of methoxy groups -OCH3 is 1. The Labute approximate surface area is 134 Å². The molecular weight excluding hydrogens is 284 g/mol. The Morgan fingerprint density at radius 3 is 2.64 bits per heavy atom. The molecule has 1 aliphatic rings. The van der Waals surface area contributed by atoms with Crippen LogP contribution in [0.5, 0.6) is 0 Å². The number of carbonyl (C=O) groups excluding carboxylic acids is 1. The van der Waals surface area contributed by atoms with E-state index in [1.54, 1.807) is 19.1 Å². The second-order valence-electron chi connectivity index (χ2n) is 7.06. The van der Waals surface area contributed by atoms with Crippen molar-refractivity contribution in [2.75, 3.05) is 40.5 Å². The maximum absolute atomic E-state index is 12.0. The third kappa shape index (κ3) is 6.10. The average molecular weight is 316 g/mol. The third-order valence-corrected chi connectivity index (χ3v) is 4.06. The van der Waals surface area contributed by atoms with E-state index in [-0.39, 0.29) is 23.8 Å². The highest BCUT2D eigenvalue weighted by atomic mass is 16.6. The van der Waals surface area contributed by atoms with Crippen LogP contribution >= 0.6 is 0 Å². The van der Waals surface area contributed by atoms with Crippen LogP contribution in [0.25, 0.3) is 0 Å². The summed E-state index contributed by atoms with van der Waals surface area (Å²) in [5, 5.41) is 9.87. The van der Waals surface area contributed by atoms with E-state index >= 15 is 0 Å². The van der Waals surface area contributed by atoms with Gasteiger partial charge in [-0.15, -0.1) is 0 Å². The first-order valence-corrected chi connectivity index (χ1v) is 8.07. The smallest absolute Gasteiger partial charge is 0.409 e. The zero-order chi connectivity index (χ0) is 16.8. The summed E-state index contributed by atoms with van der Waals surface area (Å²) in [5.41, 5.74) is -0.0411. The Balaban J connectivity index is 2.36. The van der Waals surface area contributed by atoms with E-state index in [0.717, 1.165) is 12.8 Å². The maximum Gasteiger partial charge on any atom is 0.409 e. The fourth-order valence-electron chi connectivity index (χ4n) is 2.84. The van der Waals surface area contributed by atoms with Gasteiger partial charge in [-0.05, 0) is 40.0 Å². The number of likely N-dealkylation sites (tertiary alicyclic amines) is 1. The van der Waals surface area contributed by atoms with Gasteiger partial charge in [0.1, 0.15) is 6.61 Å². The lowest BCUT2D eigenvalue weighted by molar-refractivity contribution is 0.0491. The number of β-amino-alcohol motifs (C(OH)–C–C–N with tert-alkyl or cyclic N) is 1. The highest BCUT2D eigenvalue weighted by Gasteiger charge is 2.38. The first kappa shape index (κ1) is 19.2. The molecule has 1 saturated heterocycles. The maximum atomic E-state index is 12.0. The molecule has 1 fully saturated rings. The molecule has 6 nitrogen and oxygen atoms in total. The lowest BCUT2D eigenvalue weighted by Crippen LogP contribution is -2.47. The number of hydrogen-bond donors (Lipinski definition) is 1. The molecule has 22 heavy (non-hydrogen) atoms. The average Bonchev–Trinajstić information content (AvgIpc) is 2.82. The standard InChI is InChI=1S/C16H32N2O4/c1-16(2,3)18-11-14(19)10-13(18)12-22-15(20)17(4)8-6-7-9-21-5/h13-14,19H,6-12H2,1-5H3. The number of rotatable bonds is 7. The minimum absolute atomic E-state index is 0.0411. The van der Waals surface area contributed by atoms with Crippen molar-refractivity contribution in [3.8, 4) is 0 Å². The van der Waals surface area contributed by atoms with Gasteiger partial charge in [0, 0.05) is 45.4 Å². The van der Waals surface area contributed by atoms with Crippen LogP contribution in [0.15, 0.2) is 0 Å². The number of unbranched alkanes of at least 4 members (excludes halogenated alkanes) is 1. The number of hydrogen-bond acceptors (Lipinski definition) is 5. The monoisotopic (exact) mass is 316 g/mol. The van der Waals surface area contributed by atoms with Crippen molar-refractivity contribution in [3.05, 3.63) is 0 Å². The van der Waals surface area contributed by atoms with Gasteiger partial charge in [0.15, 0.2) is 0 Å². The van der Waals surface area contributed by atoms with E-state index in [9.17, 15) is 9.90 Å². The summed E-state index contributed by atoms with van der Waals surface area (Å²) in [6.07, 6.45) is 1.85. The van der Waals surface area contributed by atoms with Crippen LogP contribution in [0.1, 0.15) is 40.0 Å². The van der Waals surface area contributed by atoms with Crippen molar-refractivity contribution in [1.29, 1.82) is 0 Å². The molecule has 0 aliphatic carbocycles. The van der Waals surface area contributed by atoms with Gasteiger partial charge in [-0.1, -0.05) is 0 Å². The number of nitrogens with zero attached hydrogens (tertiary/aromatic N) is 2. The highest BCUT2D eigenvalue weighted by molar-refractivity contribution is 5.67. The molecule has 0 saturated carbocycles. The minimum atomic E-state index is -0.338. The Morgan fingerprint density at radius 2 is 2.05 bits per heavy atom. The van der Waals surface area contributed by atoms with Crippen molar-refractivity contribution >= 4 is 6.09 Å². The quantitative estimate of drug-likeness (QED) is 0.725. The molecule has 130 valence electrons. The van der Waals surface area contributed by atoms with Gasteiger partial charge in [0.05, 0.1) is 6.10 Å². The summed E-state index contributed by atoms with van der Waals surface area (Å²) in [5.74, 6) is 0. The molecule has 1 heterocycles. The van der Waals surface area contributed by atoms with Gasteiger partial charge in [0.2, 0.25) is 0 Å². The number of amides is 1. The summed E-state index contributed by atoms with van der Waals surface area (Å²) in [6, 6.07) is 0.0841. The lowest BCUT2D eigenvalue weighted by atomic mass is 10.1. The fourth-order valence-corrected chi connectivity index (χ4v) is 2.84. The van der Waals surface area contributed by atoms with Crippen molar-refractivity contribution in [2.45, 2.75) is 57.7 Å². The van der Waals surface area contributed by atoms with Gasteiger partial charge in [-0.3, -0.25) is 4.90 Å². The zero-order valence-corrected chi connectivity index (χ0v) is 14.7. The topological polar surface area (TPSA) is 62.2 Å². The molecule has 0 aromatic carbocycles. The first-order valence-electron chi connectivity index (χ1n) is 8.07. The Bertz CT molecular complexity index is 344. The highest BCUT2D eigenvalue weighted by Crippen LogP contribution is 2.26. The lowest BCUT2D eigenvalue weighted by Gasteiger charge is -2.36. The minimum Gasteiger partial charge on any atom is -0.448 e. The van der Waals surface area contributed by atoms with Gasteiger partial charge in [-0.25, -0.2) is 4.79 Å². The number of aliphatic hydroxyl groups is 1. The molecule has 0 radical (unpaired) electrons. The molecule has 2 unspecified atom stereocenters. The van der Waals surface area contributed by atoms with E-state index < -0.39 is 0 Å². The summed E-state index contributed by atoms with van der Waals surface area (Å²) in [4.78, 5) is 15.8. The predicted molar refractivity (Wildman–Crippen MR) is 86.0 cm³/mol. The van der Waals surface area contributed by atoms with Gasteiger partial charge in [0.25, 0.3) is 0 Å². The summed E-state index contributed by atoms with van der Waals surface area (Å²) < 4.78 is 10.4. The van der Waals surface area contributed by atoms with Gasteiger partial charge in [-0.2, -0.15) is 0 Å². The van der Waals surface area contributed by atoms with E-state index in [2.05, 4.69) is 25.7 Å². The number of ether oxygens (including phenoxy) is 2. The van der Waals surface area contributed by atoms with Crippen molar-refractivity contribution in [1.82, 2.24) is 9.80 Å². The van der Waals surface area contributed by atoms with Crippen molar-refractivity contribution in [3.63, 3.8) is 0 Å². The zero-order valence-electron chi connectivity index (χ0n) is 14.7. The predicted octanol–water partition coefficient (Wildman–Crippen LogP) is 1.72. The number of carbonyl (C=O) groups is 1. The molecule has 1 N–H and O–H groups in total. The van der Waals surface area contributed by atoms with E-state index in [4.69, 9.17) is 9.47 Å². The molecule has 0 spiro atoms. The molecular formula is C16H32N2O4. The Hall–Kier alpha value is -0.850. The van der Waals surface area contributed by atoms with Crippen LogP contribution in [0.2, 0.25) is 0 Å². The third-order valence-electron chi connectivity index (χ3n) is 4.06. The first-order chi connectivity index (χ1) is 10.3. The van der Waals surface area contributed by atoms with Crippen LogP contribution in [0, 0.1) is 0 Å². The summed E-state index contributed by atoms with van der Waals surface area (Å²) >= 11 is 0. The molecule has 0 aromatic rings. The second kappa shape index (κ2) is 8.70. The van der Waals surface area contributed by atoms with Crippen molar-refractivity contribution in [2.24, 2.45) is 0 Å². The van der Waals surface area contributed by atoms with Gasteiger partial charge >= 0.3 is 6.09 Å². The molecule has 1 amide bonds. The van der Waals surface area contributed by atoms with Crippen LogP contribution in [-0.2, 0) is 9.47 Å². The van der Waals surface area contributed by atoms with E-state index in [1.807, 2.05) is 0 Å². The molecule has 6 heteroatoms. The van der Waals surface area contributed by atoms with E-state index in [0.29, 0.717) is 32.7 Å². The van der Waals surface area contributed by atoms with Crippen molar-refractivity contribution < 1.29 is 19.4 Å². The van der Waals surface area contributed by atoms with Crippen LogP contribution < -0.4 is 0 Å². The molecule has 1 aliphatic heterocycles. The van der Waals surface area contributed by atoms with Crippen LogP contribution in [-0.4, -0.2) is 79.1 Å². The van der Waals surface area contributed by atoms with E-state index in [1.165, 1.54) is 0 Å². The SMILES string of the molecule is COCCCCN(C)C(=O)OCC1CC(O)CN1C(C)(C)C. The van der Waals surface area contributed by atoms with Crippen LogP contribution in [0.3, 0.4) is 0 Å². The Kier molecular flexibility index (Phi) is 7.59. The molecule has 0 aromatic heterocycles. The molecule has 2 atom stereocenters. The fraction of sp³-hybridized carbons (Fsp3) is 0.938. The molecule has 0 bridgehead atoms. The molecule has 1 rings (SSSR count). The van der Waals surface area contributed by atoms with Gasteiger partial charge < -0.3 is 19.5 Å². The van der Waals surface area contributed by atoms with Crippen LogP contribution in [0.4, 0.5) is 4.79 Å². The largest absolute Gasteiger partial charge is 0.448 e.